The van der Waals surface area contributed by atoms with Gasteiger partial charge < -0.3 is 14.4 Å². The van der Waals surface area contributed by atoms with Crippen molar-refractivity contribution in [3.63, 3.8) is 0 Å². The van der Waals surface area contributed by atoms with Crippen molar-refractivity contribution in [2.24, 2.45) is 0 Å². The van der Waals surface area contributed by atoms with Crippen LogP contribution in [0, 0.1) is 0 Å². The van der Waals surface area contributed by atoms with Crippen LogP contribution < -0.4 is 4.74 Å². The maximum absolute atomic E-state index is 13.1. The molecule has 1 amide bonds. The standard InChI is InChI=1S/C19H19ClF3NO5S/c1-28-17-6-12-9-24(8-11(12)5-15(17)20)18(25)14-7-13(30(2,26)27)3-4-16(14)29-10-19(21,22)23/h4-7,13H,3,8-10H2,1-2H3. The number of carbonyl (C=O) groups is 1. The van der Waals surface area contributed by atoms with Gasteiger partial charge in [0.2, 0.25) is 0 Å². The molecule has 1 aromatic rings. The Morgan fingerprint density at radius 1 is 1.27 bits per heavy atom. The molecule has 0 spiro atoms. The Hall–Kier alpha value is -2.20. The molecule has 1 aliphatic carbocycles. The van der Waals surface area contributed by atoms with Gasteiger partial charge in [0.1, 0.15) is 11.5 Å². The highest BCUT2D eigenvalue weighted by Crippen LogP contribution is 2.35. The first-order chi connectivity index (χ1) is 13.9. The first-order valence-electron chi connectivity index (χ1n) is 8.84. The first kappa shape index (κ1) is 22.5. The first-order valence-corrected chi connectivity index (χ1v) is 11.2. The van der Waals surface area contributed by atoms with Crippen molar-refractivity contribution in [3.8, 4) is 5.75 Å². The second kappa shape index (κ2) is 8.14. The van der Waals surface area contributed by atoms with Gasteiger partial charge in [-0.15, -0.1) is 0 Å². The molecular formula is C19H19ClF3NO5S. The summed E-state index contributed by atoms with van der Waals surface area (Å²) in [6.07, 6.45) is -1.28. The number of fused-ring (bicyclic) bond motifs is 1. The number of amides is 1. The number of nitrogens with zero attached hydrogens (tertiary/aromatic N) is 1. The number of ether oxygens (including phenoxy) is 2. The molecule has 1 aliphatic heterocycles. The summed E-state index contributed by atoms with van der Waals surface area (Å²) >= 11 is 6.12. The molecule has 11 heteroatoms. The molecule has 0 fully saturated rings. The summed E-state index contributed by atoms with van der Waals surface area (Å²) < 4.78 is 71.7. The molecule has 1 atom stereocenters. The number of alkyl halides is 3. The number of allylic oxidation sites excluding steroid dienone is 1. The van der Waals surface area contributed by atoms with Gasteiger partial charge in [-0.05, 0) is 41.8 Å². The Morgan fingerprint density at radius 2 is 1.90 bits per heavy atom. The Labute approximate surface area is 176 Å². The van der Waals surface area contributed by atoms with E-state index in [4.69, 9.17) is 21.1 Å². The van der Waals surface area contributed by atoms with E-state index in [0.717, 1.165) is 17.4 Å². The predicted octanol–water partition coefficient (Wildman–Crippen LogP) is 3.40. The molecule has 164 valence electrons. The van der Waals surface area contributed by atoms with Crippen molar-refractivity contribution < 1.29 is 35.9 Å². The lowest BCUT2D eigenvalue weighted by atomic mass is 10.0. The summed E-state index contributed by atoms with van der Waals surface area (Å²) in [5.74, 6) is -0.459. The number of sulfone groups is 1. The summed E-state index contributed by atoms with van der Waals surface area (Å²) in [5, 5.41) is -0.650. The number of halogens is 4. The maximum atomic E-state index is 13.1. The van der Waals surface area contributed by atoms with Crippen molar-refractivity contribution >= 4 is 27.3 Å². The molecular weight excluding hydrogens is 447 g/mol. The maximum Gasteiger partial charge on any atom is 0.422 e. The second-order valence-corrected chi connectivity index (χ2v) is 9.74. The zero-order valence-corrected chi connectivity index (χ0v) is 17.7. The molecule has 1 aromatic carbocycles. The zero-order valence-electron chi connectivity index (χ0n) is 16.1. The molecule has 30 heavy (non-hydrogen) atoms. The third-order valence-corrected chi connectivity index (χ3v) is 6.53. The van der Waals surface area contributed by atoms with Gasteiger partial charge in [0.05, 0.1) is 23.0 Å². The van der Waals surface area contributed by atoms with E-state index in [-0.39, 0.29) is 30.8 Å². The Bertz CT molecular complexity index is 1030. The fourth-order valence-corrected chi connectivity index (χ4v) is 4.40. The third kappa shape index (κ3) is 4.92. The van der Waals surface area contributed by atoms with Crippen molar-refractivity contribution in [1.82, 2.24) is 4.90 Å². The normalized spacial score (nSPS) is 19.1. The van der Waals surface area contributed by atoms with Crippen LogP contribution in [-0.4, -0.2) is 50.6 Å². The lowest BCUT2D eigenvalue weighted by Crippen LogP contribution is -2.32. The molecule has 1 unspecified atom stereocenters. The van der Waals surface area contributed by atoms with E-state index in [1.807, 2.05) is 0 Å². The number of rotatable bonds is 5. The molecule has 2 aliphatic rings. The molecule has 6 nitrogen and oxygen atoms in total. The van der Waals surface area contributed by atoms with E-state index in [1.165, 1.54) is 24.2 Å². The fourth-order valence-electron chi connectivity index (χ4n) is 3.31. The molecule has 0 N–H and O–H groups in total. The largest absolute Gasteiger partial charge is 0.495 e. The van der Waals surface area contributed by atoms with E-state index in [0.29, 0.717) is 10.8 Å². The van der Waals surface area contributed by atoms with E-state index in [1.54, 1.807) is 12.1 Å². The summed E-state index contributed by atoms with van der Waals surface area (Å²) in [4.78, 5) is 14.5. The predicted molar refractivity (Wildman–Crippen MR) is 104 cm³/mol. The monoisotopic (exact) mass is 465 g/mol. The fraction of sp³-hybridized carbons (Fsp3) is 0.421. The molecule has 1 heterocycles. The summed E-state index contributed by atoms with van der Waals surface area (Å²) in [5.41, 5.74) is 1.35. The van der Waals surface area contributed by atoms with Crippen LogP contribution in [0.2, 0.25) is 5.02 Å². The highest BCUT2D eigenvalue weighted by atomic mass is 35.5. The van der Waals surface area contributed by atoms with Gasteiger partial charge in [-0.2, -0.15) is 13.2 Å². The van der Waals surface area contributed by atoms with Crippen LogP contribution in [0.25, 0.3) is 0 Å². The van der Waals surface area contributed by atoms with Gasteiger partial charge in [-0.1, -0.05) is 11.6 Å². The average Bonchev–Trinajstić information content (AvgIpc) is 3.06. The zero-order chi connectivity index (χ0) is 22.3. The number of carbonyl (C=O) groups excluding carboxylic acids is 1. The molecule has 3 rings (SSSR count). The average molecular weight is 466 g/mol. The topological polar surface area (TPSA) is 72.9 Å². The molecule has 0 aromatic heterocycles. The van der Waals surface area contributed by atoms with E-state index in [2.05, 4.69) is 0 Å². The number of hydrogen-bond donors (Lipinski definition) is 0. The Balaban J connectivity index is 1.88. The number of methoxy groups -OCH3 is 1. The lowest BCUT2D eigenvalue weighted by molar-refractivity contribution is -0.164. The minimum absolute atomic E-state index is 0.0736. The van der Waals surface area contributed by atoms with E-state index >= 15 is 0 Å². The van der Waals surface area contributed by atoms with Crippen LogP contribution in [0.3, 0.4) is 0 Å². The number of benzene rings is 1. The van der Waals surface area contributed by atoms with Crippen molar-refractivity contribution in [3.05, 3.63) is 51.8 Å². The second-order valence-electron chi connectivity index (χ2n) is 7.07. The van der Waals surface area contributed by atoms with Crippen molar-refractivity contribution in [2.75, 3.05) is 20.0 Å². The molecule has 0 radical (unpaired) electrons. The van der Waals surface area contributed by atoms with E-state index < -0.39 is 33.8 Å². The summed E-state index contributed by atoms with van der Waals surface area (Å²) in [6, 6.07) is 3.35. The summed E-state index contributed by atoms with van der Waals surface area (Å²) in [6.45, 7) is -1.24. The quantitative estimate of drug-likeness (QED) is 0.666. The van der Waals surface area contributed by atoms with Crippen LogP contribution in [0.4, 0.5) is 13.2 Å². The van der Waals surface area contributed by atoms with Crippen LogP contribution in [-0.2, 0) is 32.5 Å². The van der Waals surface area contributed by atoms with Gasteiger partial charge in [-0.25, -0.2) is 8.42 Å². The smallest absolute Gasteiger partial charge is 0.422 e. The van der Waals surface area contributed by atoms with Crippen LogP contribution in [0.15, 0.2) is 35.6 Å². The van der Waals surface area contributed by atoms with Gasteiger partial charge in [0, 0.05) is 19.3 Å². The lowest BCUT2D eigenvalue weighted by Gasteiger charge is -2.24. The van der Waals surface area contributed by atoms with Crippen molar-refractivity contribution in [1.29, 1.82) is 0 Å². The highest BCUT2D eigenvalue weighted by molar-refractivity contribution is 7.91. The van der Waals surface area contributed by atoms with Gasteiger partial charge >= 0.3 is 6.18 Å². The molecule has 0 bridgehead atoms. The Kier molecular flexibility index (Phi) is 6.10. The number of hydrogen-bond acceptors (Lipinski definition) is 5. The Morgan fingerprint density at radius 3 is 2.47 bits per heavy atom. The van der Waals surface area contributed by atoms with Crippen molar-refractivity contribution in [2.45, 2.75) is 30.9 Å². The van der Waals surface area contributed by atoms with Crippen LogP contribution in [0.1, 0.15) is 17.5 Å². The van der Waals surface area contributed by atoms with Gasteiger partial charge in [0.15, 0.2) is 16.4 Å². The minimum atomic E-state index is -4.60. The molecule has 0 saturated carbocycles. The highest BCUT2D eigenvalue weighted by Gasteiger charge is 2.35. The van der Waals surface area contributed by atoms with Gasteiger partial charge in [0.25, 0.3) is 5.91 Å². The van der Waals surface area contributed by atoms with Gasteiger partial charge in [-0.3, -0.25) is 4.79 Å². The molecule has 0 saturated heterocycles. The third-order valence-electron chi connectivity index (χ3n) is 4.81. The summed E-state index contributed by atoms with van der Waals surface area (Å²) in [7, 11) is -2.10. The minimum Gasteiger partial charge on any atom is -0.495 e. The van der Waals surface area contributed by atoms with Crippen LogP contribution in [0.5, 0.6) is 5.75 Å². The van der Waals surface area contributed by atoms with E-state index in [9.17, 15) is 26.4 Å². The van der Waals surface area contributed by atoms with Crippen LogP contribution >= 0.6 is 11.6 Å². The SMILES string of the molecule is COc1cc2c(cc1Cl)CN(C(=O)C1=CC(S(C)(=O)=O)CC=C1OCC(F)(F)F)C2.